The zero-order valence-electron chi connectivity index (χ0n) is 26.6. The Labute approximate surface area is 264 Å². The molecular weight excluding hydrogens is 583 g/mol. The van der Waals surface area contributed by atoms with E-state index in [4.69, 9.17) is 4.74 Å². The van der Waals surface area contributed by atoms with Crippen LogP contribution >= 0.6 is 0 Å². The number of ether oxygens (including phenoxy) is 1. The molecule has 3 fully saturated rings. The van der Waals surface area contributed by atoms with Gasteiger partial charge in [0, 0.05) is 50.9 Å². The summed E-state index contributed by atoms with van der Waals surface area (Å²) in [6.07, 6.45) is -1.23. The van der Waals surface area contributed by atoms with E-state index in [0.717, 1.165) is 49.0 Å². The number of nitrogens with zero attached hydrogens (tertiary/aromatic N) is 3. The Balaban J connectivity index is 1.30. The van der Waals surface area contributed by atoms with Crippen molar-refractivity contribution in [3.05, 3.63) is 59.2 Å². The second-order valence-electron chi connectivity index (χ2n) is 13.4. The van der Waals surface area contributed by atoms with Gasteiger partial charge in [-0.3, -0.25) is 9.59 Å². The molecule has 10 heteroatoms. The number of alkyl halides is 3. The minimum Gasteiger partial charge on any atom is -0.497 e. The van der Waals surface area contributed by atoms with Gasteiger partial charge < -0.3 is 24.5 Å². The monoisotopic (exact) mass is 629 g/mol. The lowest BCUT2D eigenvalue weighted by molar-refractivity contribution is -0.142. The van der Waals surface area contributed by atoms with Crippen LogP contribution in [-0.2, 0) is 15.8 Å². The molecule has 0 radical (unpaired) electrons. The predicted octanol–water partition coefficient (Wildman–Crippen LogP) is 6.48. The molecule has 246 valence electrons. The number of amides is 1. The molecule has 3 heterocycles. The number of aliphatic carboxylic acids is 1. The van der Waals surface area contributed by atoms with Crippen LogP contribution in [0.5, 0.6) is 5.75 Å². The van der Waals surface area contributed by atoms with E-state index < -0.39 is 23.6 Å². The fourth-order valence-corrected chi connectivity index (χ4v) is 7.30. The number of carbonyl (C=O) groups excluding carboxylic acids is 1. The standard InChI is InChI=1S/C35H46F3N3O4/c1-23(2)10-15-39-21-30(24-4-7-28(45-3)8-5-24)31(22-39)33(42)41-18-11-25(12-19-41)29-9-6-27(35(36,37)38)20-32(29)40-16-13-26(14-17-40)34(43)44/h4-9,20,23,25-26,30-31H,10-19,21-22H2,1-3H3,(H,43,44)/t30-,31+/m0/s1. The fourth-order valence-electron chi connectivity index (χ4n) is 7.30. The second-order valence-corrected chi connectivity index (χ2v) is 13.4. The van der Waals surface area contributed by atoms with Crippen LogP contribution in [0.4, 0.5) is 18.9 Å². The lowest BCUT2D eigenvalue weighted by atomic mass is 9.84. The second kappa shape index (κ2) is 14.0. The number of carboxylic acids is 1. The summed E-state index contributed by atoms with van der Waals surface area (Å²) in [5, 5.41) is 9.41. The van der Waals surface area contributed by atoms with Gasteiger partial charge in [-0.2, -0.15) is 13.2 Å². The average Bonchev–Trinajstić information content (AvgIpc) is 3.47. The topological polar surface area (TPSA) is 73.3 Å². The summed E-state index contributed by atoms with van der Waals surface area (Å²) in [7, 11) is 1.64. The van der Waals surface area contributed by atoms with Crippen molar-refractivity contribution in [1.29, 1.82) is 0 Å². The van der Waals surface area contributed by atoms with Crippen LogP contribution < -0.4 is 9.64 Å². The Hall–Kier alpha value is -3.27. The van der Waals surface area contributed by atoms with Gasteiger partial charge in [0.1, 0.15) is 5.75 Å². The quantitative estimate of drug-likeness (QED) is 0.342. The number of carbonyl (C=O) groups is 2. The maximum Gasteiger partial charge on any atom is 0.416 e. The number of anilines is 1. The van der Waals surface area contributed by atoms with Crippen molar-refractivity contribution in [2.24, 2.45) is 17.8 Å². The summed E-state index contributed by atoms with van der Waals surface area (Å²) >= 11 is 0. The van der Waals surface area contributed by atoms with Gasteiger partial charge in [-0.25, -0.2) is 0 Å². The van der Waals surface area contributed by atoms with Crippen LogP contribution in [0.3, 0.4) is 0 Å². The lowest BCUT2D eigenvalue weighted by Gasteiger charge is -2.38. The van der Waals surface area contributed by atoms with E-state index in [1.807, 2.05) is 21.9 Å². The SMILES string of the molecule is COc1ccc([C@@H]2CN(CCC(C)C)C[C@H]2C(=O)N2CCC(c3ccc(C(F)(F)F)cc3N3CCC(C(=O)O)CC3)CC2)cc1. The third-order valence-electron chi connectivity index (χ3n) is 10.1. The maximum atomic E-state index is 14.1. The normalized spacial score (nSPS) is 22.3. The van der Waals surface area contributed by atoms with Crippen molar-refractivity contribution in [3.8, 4) is 5.75 Å². The summed E-state index contributed by atoms with van der Waals surface area (Å²) in [6, 6.07) is 12.0. The molecule has 3 aliphatic heterocycles. The molecule has 1 amide bonds. The molecule has 0 aromatic heterocycles. The molecule has 0 bridgehead atoms. The summed E-state index contributed by atoms with van der Waals surface area (Å²) < 4.78 is 46.5. The fraction of sp³-hybridized carbons (Fsp3) is 0.600. The number of benzene rings is 2. The van der Waals surface area contributed by atoms with E-state index >= 15 is 0 Å². The zero-order chi connectivity index (χ0) is 32.3. The molecule has 5 rings (SSSR count). The third kappa shape index (κ3) is 7.76. The van der Waals surface area contributed by atoms with E-state index in [9.17, 15) is 27.9 Å². The van der Waals surface area contributed by atoms with E-state index in [-0.39, 0.29) is 23.7 Å². The van der Waals surface area contributed by atoms with E-state index in [1.165, 1.54) is 6.07 Å². The number of likely N-dealkylation sites (tertiary alicyclic amines) is 2. The molecule has 0 saturated carbocycles. The Bertz CT molecular complexity index is 1320. The Morgan fingerprint density at radius 2 is 1.62 bits per heavy atom. The minimum atomic E-state index is -4.47. The number of methoxy groups -OCH3 is 1. The highest BCUT2D eigenvalue weighted by Gasteiger charge is 2.41. The zero-order valence-corrected chi connectivity index (χ0v) is 26.6. The molecule has 3 aliphatic rings. The van der Waals surface area contributed by atoms with Crippen LogP contribution in [0.15, 0.2) is 42.5 Å². The first-order valence-corrected chi connectivity index (χ1v) is 16.3. The van der Waals surface area contributed by atoms with Crippen molar-refractivity contribution in [2.45, 2.75) is 64.0 Å². The van der Waals surface area contributed by atoms with Gasteiger partial charge in [-0.05, 0) is 85.9 Å². The lowest BCUT2D eigenvalue weighted by Crippen LogP contribution is -2.43. The molecule has 45 heavy (non-hydrogen) atoms. The van der Waals surface area contributed by atoms with Gasteiger partial charge in [-0.1, -0.05) is 32.0 Å². The summed E-state index contributed by atoms with van der Waals surface area (Å²) in [4.78, 5) is 31.9. The van der Waals surface area contributed by atoms with E-state index in [0.29, 0.717) is 63.5 Å². The number of hydrogen-bond acceptors (Lipinski definition) is 5. The highest BCUT2D eigenvalue weighted by Crippen LogP contribution is 2.41. The first kappa shape index (κ1) is 33.1. The summed E-state index contributed by atoms with van der Waals surface area (Å²) in [5.41, 5.74) is 1.86. The molecule has 2 aromatic carbocycles. The summed E-state index contributed by atoms with van der Waals surface area (Å²) in [6.45, 7) is 8.86. The van der Waals surface area contributed by atoms with Gasteiger partial charge in [0.2, 0.25) is 5.91 Å². The highest BCUT2D eigenvalue weighted by molar-refractivity contribution is 5.81. The number of hydrogen-bond donors (Lipinski definition) is 1. The van der Waals surface area contributed by atoms with E-state index in [2.05, 4.69) is 30.9 Å². The number of rotatable bonds is 9. The van der Waals surface area contributed by atoms with Crippen LogP contribution in [0, 0.1) is 17.8 Å². The smallest absolute Gasteiger partial charge is 0.416 e. The van der Waals surface area contributed by atoms with E-state index in [1.54, 1.807) is 13.2 Å². The van der Waals surface area contributed by atoms with Crippen molar-refractivity contribution in [1.82, 2.24) is 9.80 Å². The maximum absolute atomic E-state index is 14.1. The van der Waals surface area contributed by atoms with Gasteiger partial charge in [0.15, 0.2) is 0 Å². The molecule has 0 aliphatic carbocycles. The van der Waals surface area contributed by atoms with Crippen molar-refractivity contribution in [2.75, 3.05) is 57.8 Å². The van der Waals surface area contributed by atoms with Crippen molar-refractivity contribution < 1.29 is 32.6 Å². The third-order valence-corrected chi connectivity index (χ3v) is 10.1. The molecule has 3 saturated heterocycles. The Morgan fingerprint density at radius 1 is 0.956 bits per heavy atom. The minimum absolute atomic E-state index is 0.0204. The number of piperidine rings is 2. The first-order chi connectivity index (χ1) is 21.4. The Kier molecular flexibility index (Phi) is 10.3. The largest absolute Gasteiger partial charge is 0.497 e. The highest BCUT2D eigenvalue weighted by atomic mass is 19.4. The first-order valence-electron chi connectivity index (χ1n) is 16.3. The molecule has 2 atom stereocenters. The van der Waals surface area contributed by atoms with Crippen LogP contribution in [-0.4, -0.2) is 79.7 Å². The Morgan fingerprint density at radius 3 is 2.20 bits per heavy atom. The molecule has 7 nitrogen and oxygen atoms in total. The molecule has 0 unspecified atom stereocenters. The van der Waals surface area contributed by atoms with Gasteiger partial charge in [-0.15, -0.1) is 0 Å². The van der Waals surface area contributed by atoms with Gasteiger partial charge in [0.25, 0.3) is 0 Å². The van der Waals surface area contributed by atoms with Gasteiger partial charge in [0.05, 0.1) is 24.5 Å². The molecular formula is C35H46F3N3O4. The number of carboxylic acid groups (broad SMARTS) is 1. The van der Waals surface area contributed by atoms with Crippen molar-refractivity contribution in [3.63, 3.8) is 0 Å². The van der Waals surface area contributed by atoms with Crippen LogP contribution in [0.1, 0.15) is 74.5 Å². The molecule has 2 aromatic rings. The average molecular weight is 630 g/mol. The van der Waals surface area contributed by atoms with Gasteiger partial charge >= 0.3 is 12.1 Å². The summed E-state index contributed by atoms with van der Waals surface area (Å²) in [5.74, 6) is 0.155. The van der Waals surface area contributed by atoms with Crippen LogP contribution in [0.2, 0.25) is 0 Å². The predicted molar refractivity (Wildman–Crippen MR) is 168 cm³/mol. The van der Waals surface area contributed by atoms with Crippen molar-refractivity contribution >= 4 is 17.6 Å². The molecule has 0 spiro atoms. The van der Waals surface area contributed by atoms with Crippen LogP contribution in [0.25, 0.3) is 0 Å². The molecule has 1 N–H and O–H groups in total. The number of halogens is 3.